The molecule has 1 aromatic carbocycles. The third-order valence-corrected chi connectivity index (χ3v) is 3.97. The Labute approximate surface area is 142 Å². The predicted molar refractivity (Wildman–Crippen MR) is 95.6 cm³/mol. The van der Waals surface area contributed by atoms with Gasteiger partial charge in [0.25, 0.3) is 5.91 Å². The molecule has 0 aliphatic carbocycles. The minimum atomic E-state index is -0.0418. The zero-order valence-electron chi connectivity index (χ0n) is 13.9. The van der Waals surface area contributed by atoms with Crippen LogP contribution in [0.2, 0.25) is 0 Å². The summed E-state index contributed by atoms with van der Waals surface area (Å²) in [7, 11) is 0. The van der Waals surface area contributed by atoms with Crippen LogP contribution in [0.3, 0.4) is 0 Å². The van der Waals surface area contributed by atoms with Crippen molar-refractivity contribution in [2.45, 2.75) is 26.3 Å². The molecule has 0 spiro atoms. The topological polar surface area (TPSA) is 46.1 Å². The Morgan fingerprint density at radius 1 is 1.04 bits per heavy atom. The van der Waals surface area contributed by atoms with E-state index in [2.05, 4.69) is 16.9 Å². The number of aromatic nitrogens is 2. The average molecular weight is 319 g/mol. The smallest absolute Gasteiger partial charge is 0.272 e. The van der Waals surface area contributed by atoms with Gasteiger partial charge < -0.3 is 4.90 Å². The summed E-state index contributed by atoms with van der Waals surface area (Å²) in [5.41, 5.74) is 2.22. The third kappa shape index (κ3) is 3.77. The first kappa shape index (κ1) is 16.1. The molecule has 122 valence electrons. The highest BCUT2D eigenvalue weighted by Gasteiger charge is 2.17. The van der Waals surface area contributed by atoms with Gasteiger partial charge in [-0.05, 0) is 30.7 Å². The summed E-state index contributed by atoms with van der Waals surface area (Å²) in [6, 6.07) is 17.4. The molecule has 0 unspecified atom stereocenters. The number of nitrogens with zero attached hydrogens (tertiary/aromatic N) is 3. The van der Waals surface area contributed by atoms with Gasteiger partial charge in [0.1, 0.15) is 5.69 Å². The lowest BCUT2D eigenvalue weighted by Crippen LogP contribution is -2.32. The van der Waals surface area contributed by atoms with Crippen molar-refractivity contribution in [3.63, 3.8) is 0 Å². The first-order valence-corrected chi connectivity index (χ1v) is 8.33. The Hall–Kier alpha value is -2.75. The minimum absolute atomic E-state index is 0.0418. The molecule has 3 rings (SSSR count). The molecule has 4 heteroatoms. The van der Waals surface area contributed by atoms with Gasteiger partial charge in [-0.3, -0.25) is 9.78 Å². The van der Waals surface area contributed by atoms with Gasteiger partial charge in [-0.25, -0.2) is 4.98 Å². The van der Waals surface area contributed by atoms with Gasteiger partial charge in [-0.1, -0.05) is 43.7 Å². The van der Waals surface area contributed by atoms with E-state index in [1.54, 1.807) is 6.20 Å². The minimum Gasteiger partial charge on any atom is -0.331 e. The van der Waals surface area contributed by atoms with Crippen LogP contribution >= 0.6 is 0 Å². The van der Waals surface area contributed by atoms with E-state index in [0.717, 1.165) is 29.4 Å². The van der Waals surface area contributed by atoms with E-state index in [9.17, 15) is 4.79 Å². The lowest BCUT2D eigenvalue weighted by molar-refractivity contribution is 0.0733. The standard InChI is InChI=1S/C20H21N3O/c1-2-3-14-23(15-17-9-6-7-13-21-17)20(24)19-12-11-16-8-4-5-10-18(16)22-19/h4-13H,2-3,14-15H2,1H3. The van der Waals surface area contributed by atoms with Crippen molar-refractivity contribution in [1.82, 2.24) is 14.9 Å². The Morgan fingerprint density at radius 2 is 1.88 bits per heavy atom. The van der Waals surface area contributed by atoms with Gasteiger partial charge in [0, 0.05) is 18.1 Å². The number of amides is 1. The fraction of sp³-hybridized carbons (Fsp3) is 0.250. The second-order valence-corrected chi connectivity index (χ2v) is 5.79. The normalized spacial score (nSPS) is 10.7. The van der Waals surface area contributed by atoms with Crippen molar-refractivity contribution >= 4 is 16.8 Å². The molecule has 24 heavy (non-hydrogen) atoms. The highest BCUT2D eigenvalue weighted by atomic mass is 16.2. The summed E-state index contributed by atoms with van der Waals surface area (Å²) < 4.78 is 0. The predicted octanol–water partition coefficient (Wildman–Crippen LogP) is 4.07. The van der Waals surface area contributed by atoms with E-state index < -0.39 is 0 Å². The molecule has 0 aliphatic heterocycles. The Kier molecular flexibility index (Phi) is 5.16. The molecule has 0 atom stereocenters. The summed E-state index contributed by atoms with van der Waals surface area (Å²) in [6.45, 7) is 3.34. The molecule has 0 aliphatic rings. The molecule has 0 saturated heterocycles. The van der Waals surface area contributed by atoms with Crippen LogP contribution in [0.25, 0.3) is 10.9 Å². The maximum Gasteiger partial charge on any atom is 0.272 e. The average Bonchev–Trinajstić information content (AvgIpc) is 2.65. The zero-order valence-corrected chi connectivity index (χ0v) is 13.9. The Morgan fingerprint density at radius 3 is 2.67 bits per heavy atom. The number of para-hydroxylation sites is 1. The van der Waals surface area contributed by atoms with E-state index in [1.165, 1.54) is 0 Å². The fourth-order valence-corrected chi connectivity index (χ4v) is 2.64. The van der Waals surface area contributed by atoms with Crippen molar-refractivity contribution in [2.75, 3.05) is 6.54 Å². The van der Waals surface area contributed by atoms with Gasteiger partial charge >= 0.3 is 0 Å². The highest BCUT2D eigenvalue weighted by Crippen LogP contribution is 2.14. The van der Waals surface area contributed by atoms with Gasteiger partial charge in [0.2, 0.25) is 0 Å². The third-order valence-electron chi connectivity index (χ3n) is 3.97. The highest BCUT2D eigenvalue weighted by molar-refractivity contribution is 5.94. The molecule has 1 amide bonds. The summed E-state index contributed by atoms with van der Waals surface area (Å²) in [6.07, 6.45) is 3.76. The Bertz CT molecular complexity index is 817. The van der Waals surface area contributed by atoms with Crippen molar-refractivity contribution < 1.29 is 4.79 Å². The lowest BCUT2D eigenvalue weighted by atomic mass is 10.2. The quantitative estimate of drug-likeness (QED) is 0.688. The van der Waals surface area contributed by atoms with Crippen LogP contribution in [0.15, 0.2) is 60.8 Å². The SMILES string of the molecule is CCCCN(Cc1ccccn1)C(=O)c1ccc2ccccc2n1. The molecule has 0 fully saturated rings. The van der Waals surface area contributed by atoms with Crippen LogP contribution in [0.5, 0.6) is 0 Å². The second-order valence-electron chi connectivity index (χ2n) is 5.79. The summed E-state index contributed by atoms with van der Waals surface area (Å²) in [4.78, 5) is 23.6. The summed E-state index contributed by atoms with van der Waals surface area (Å²) in [5, 5.41) is 1.04. The molecule has 0 saturated carbocycles. The fourth-order valence-electron chi connectivity index (χ4n) is 2.64. The van der Waals surface area contributed by atoms with Gasteiger partial charge in [0.05, 0.1) is 17.8 Å². The largest absolute Gasteiger partial charge is 0.331 e. The van der Waals surface area contributed by atoms with Crippen LogP contribution < -0.4 is 0 Å². The van der Waals surface area contributed by atoms with E-state index in [-0.39, 0.29) is 5.91 Å². The van der Waals surface area contributed by atoms with Crippen LogP contribution in [0, 0.1) is 0 Å². The van der Waals surface area contributed by atoms with Crippen molar-refractivity contribution in [3.05, 3.63) is 72.2 Å². The molecule has 0 bridgehead atoms. The van der Waals surface area contributed by atoms with Gasteiger partial charge in [-0.2, -0.15) is 0 Å². The van der Waals surface area contributed by atoms with E-state index in [1.807, 2.05) is 59.5 Å². The molecule has 2 heterocycles. The molecule has 0 radical (unpaired) electrons. The molecule has 2 aromatic heterocycles. The zero-order chi connectivity index (χ0) is 16.8. The van der Waals surface area contributed by atoms with Crippen LogP contribution in [-0.4, -0.2) is 27.3 Å². The maximum atomic E-state index is 12.9. The molecular formula is C20H21N3O. The number of hydrogen-bond donors (Lipinski definition) is 0. The van der Waals surface area contributed by atoms with Crippen LogP contribution in [-0.2, 0) is 6.54 Å². The van der Waals surface area contributed by atoms with Gasteiger partial charge in [-0.15, -0.1) is 0 Å². The van der Waals surface area contributed by atoms with Crippen LogP contribution in [0.1, 0.15) is 35.9 Å². The van der Waals surface area contributed by atoms with E-state index in [4.69, 9.17) is 0 Å². The maximum absolute atomic E-state index is 12.9. The van der Waals surface area contributed by atoms with E-state index >= 15 is 0 Å². The van der Waals surface area contributed by atoms with Gasteiger partial charge in [0.15, 0.2) is 0 Å². The molecular weight excluding hydrogens is 298 g/mol. The first-order chi connectivity index (χ1) is 11.8. The molecule has 0 N–H and O–H groups in total. The Balaban J connectivity index is 1.85. The summed E-state index contributed by atoms with van der Waals surface area (Å²) in [5.74, 6) is -0.0418. The van der Waals surface area contributed by atoms with Crippen molar-refractivity contribution in [2.24, 2.45) is 0 Å². The number of benzene rings is 1. The first-order valence-electron chi connectivity index (χ1n) is 8.33. The number of unbranched alkanes of at least 4 members (excludes halogenated alkanes) is 1. The van der Waals surface area contributed by atoms with Crippen LogP contribution in [0.4, 0.5) is 0 Å². The van der Waals surface area contributed by atoms with E-state index in [0.29, 0.717) is 18.8 Å². The van der Waals surface area contributed by atoms with Crippen molar-refractivity contribution in [3.8, 4) is 0 Å². The number of carbonyl (C=O) groups excluding carboxylic acids is 1. The monoisotopic (exact) mass is 319 g/mol. The number of carbonyl (C=O) groups is 1. The van der Waals surface area contributed by atoms with Crippen molar-refractivity contribution in [1.29, 1.82) is 0 Å². The molecule has 4 nitrogen and oxygen atoms in total. The lowest BCUT2D eigenvalue weighted by Gasteiger charge is -2.22. The number of hydrogen-bond acceptors (Lipinski definition) is 3. The number of rotatable bonds is 6. The number of fused-ring (bicyclic) bond motifs is 1. The number of pyridine rings is 2. The molecule has 3 aromatic rings. The summed E-state index contributed by atoms with van der Waals surface area (Å²) >= 11 is 0. The second kappa shape index (κ2) is 7.68.